The third-order valence-corrected chi connectivity index (χ3v) is 3.14. The number of carboxylic acid groups (broad SMARTS) is 1. The van der Waals surface area contributed by atoms with E-state index in [9.17, 15) is 4.79 Å². The van der Waals surface area contributed by atoms with Gasteiger partial charge in [-0.05, 0) is 35.5 Å². The molecule has 0 spiro atoms. The number of furan rings is 1. The van der Waals surface area contributed by atoms with Gasteiger partial charge in [0.15, 0.2) is 0 Å². The van der Waals surface area contributed by atoms with Crippen molar-refractivity contribution in [2.45, 2.75) is 0 Å². The minimum atomic E-state index is -1.10. The van der Waals surface area contributed by atoms with Crippen molar-refractivity contribution in [2.75, 3.05) is 5.43 Å². The summed E-state index contributed by atoms with van der Waals surface area (Å²) < 4.78 is 5.57. The van der Waals surface area contributed by atoms with Crippen molar-refractivity contribution < 1.29 is 14.3 Å². The molecule has 0 saturated heterocycles. The Hall–Kier alpha value is -3.20. The average molecular weight is 333 g/mol. The van der Waals surface area contributed by atoms with E-state index in [1.165, 1.54) is 18.3 Å². The van der Waals surface area contributed by atoms with Gasteiger partial charge in [0, 0.05) is 5.56 Å². The number of aromatic nitrogens is 4. The highest BCUT2D eigenvalue weighted by molar-refractivity contribution is 6.33. The fourth-order valence-electron chi connectivity index (χ4n) is 1.78. The monoisotopic (exact) mass is 332 g/mol. The van der Waals surface area contributed by atoms with Crippen LogP contribution in [0.25, 0.3) is 11.3 Å². The van der Waals surface area contributed by atoms with Crippen LogP contribution in [0.4, 0.5) is 5.95 Å². The van der Waals surface area contributed by atoms with Crippen molar-refractivity contribution in [1.82, 2.24) is 20.6 Å². The number of anilines is 1. The first kappa shape index (κ1) is 14.7. The minimum absolute atomic E-state index is 0.00885. The molecule has 3 N–H and O–H groups in total. The first-order chi connectivity index (χ1) is 11.1. The summed E-state index contributed by atoms with van der Waals surface area (Å²) in [6.07, 6.45) is 1.42. The zero-order valence-electron chi connectivity index (χ0n) is 11.4. The zero-order valence-corrected chi connectivity index (χ0v) is 12.2. The SMILES string of the molecule is O=C(O)c1cc(-c2ccc(/C=N\Nc3nn[nH]n3)o2)ccc1Cl. The number of carboxylic acids is 1. The van der Waals surface area contributed by atoms with E-state index in [2.05, 4.69) is 31.2 Å². The largest absolute Gasteiger partial charge is 0.478 e. The van der Waals surface area contributed by atoms with Crippen LogP contribution in [0.5, 0.6) is 0 Å². The second-order valence-corrected chi connectivity index (χ2v) is 4.71. The minimum Gasteiger partial charge on any atom is -0.478 e. The third-order valence-electron chi connectivity index (χ3n) is 2.81. The summed E-state index contributed by atoms with van der Waals surface area (Å²) >= 11 is 5.84. The molecule has 3 rings (SSSR count). The van der Waals surface area contributed by atoms with Gasteiger partial charge in [-0.15, -0.1) is 5.10 Å². The van der Waals surface area contributed by atoms with Crippen LogP contribution in [0.2, 0.25) is 5.02 Å². The Bertz CT molecular complexity index is 858. The highest BCUT2D eigenvalue weighted by atomic mass is 35.5. The zero-order chi connectivity index (χ0) is 16.2. The number of nitrogens with zero attached hydrogens (tertiary/aromatic N) is 4. The van der Waals surface area contributed by atoms with Crippen molar-refractivity contribution in [1.29, 1.82) is 0 Å². The maximum atomic E-state index is 11.1. The summed E-state index contributed by atoms with van der Waals surface area (Å²) in [7, 11) is 0. The Balaban J connectivity index is 1.78. The van der Waals surface area contributed by atoms with E-state index in [1.807, 2.05) is 0 Å². The van der Waals surface area contributed by atoms with E-state index >= 15 is 0 Å². The normalized spacial score (nSPS) is 11.0. The predicted octanol–water partition coefficient (Wildman–Crippen LogP) is 2.26. The van der Waals surface area contributed by atoms with Gasteiger partial charge >= 0.3 is 5.97 Å². The van der Waals surface area contributed by atoms with Gasteiger partial charge in [0.1, 0.15) is 11.5 Å². The molecule has 0 fully saturated rings. The Labute approximate surface area is 134 Å². The van der Waals surface area contributed by atoms with Crippen LogP contribution >= 0.6 is 11.6 Å². The van der Waals surface area contributed by atoms with Crippen molar-refractivity contribution in [2.24, 2.45) is 5.10 Å². The van der Waals surface area contributed by atoms with Gasteiger partial charge in [-0.25, -0.2) is 10.2 Å². The second-order valence-electron chi connectivity index (χ2n) is 4.31. The number of hydrogen-bond donors (Lipinski definition) is 3. The van der Waals surface area contributed by atoms with Gasteiger partial charge in [0.2, 0.25) is 0 Å². The number of nitrogens with one attached hydrogen (secondary N) is 2. The van der Waals surface area contributed by atoms with Crippen LogP contribution in [0, 0.1) is 0 Å². The number of hydrazone groups is 1. The van der Waals surface area contributed by atoms with Gasteiger partial charge in [-0.1, -0.05) is 16.7 Å². The third kappa shape index (κ3) is 3.35. The molecule has 0 aliphatic heterocycles. The van der Waals surface area contributed by atoms with E-state index in [1.54, 1.807) is 18.2 Å². The van der Waals surface area contributed by atoms with Crippen molar-refractivity contribution in [3.05, 3.63) is 46.7 Å². The Kier molecular flexibility index (Phi) is 4.02. The van der Waals surface area contributed by atoms with E-state index < -0.39 is 5.97 Å². The molecule has 1 aromatic carbocycles. The lowest BCUT2D eigenvalue weighted by Gasteiger charge is -2.01. The topological polar surface area (TPSA) is 129 Å². The summed E-state index contributed by atoms with van der Waals surface area (Å²) in [5.41, 5.74) is 3.16. The molecule has 10 heteroatoms. The summed E-state index contributed by atoms with van der Waals surface area (Å²) in [4.78, 5) is 11.1. The Morgan fingerprint density at radius 1 is 1.39 bits per heavy atom. The molecule has 23 heavy (non-hydrogen) atoms. The lowest BCUT2D eigenvalue weighted by atomic mass is 10.1. The summed E-state index contributed by atoms with van der Waals surface area (Å²) in [5.74, 6) is 0.0688. The highest BCUT2D eigenvalue weighted by Gasteiger charge is 2.12. The van der Waals surface area contributed by atoms with Crippen LogP contribution in [0.15, 0.2) is 39.9 Å². The van der Waals surface area contributed by atoms with Gasteiger partial charge in [-0.3, -0.25) is 0 Å². The second kappa shape index (κ2) is 6.28. The number of H-pyrrole nitrogens is 1. The molecule has 0 aliphatic rings. The quantitative estimate of drug-likeness (QED) is 0.482. The summed E-state index contributed by atoms with van der Waals surface area (Å²) in [6, 6.07) is 8.01. The number of benzene rings is 1. The Morgan fingerprint density at radius 2 is 2.26 bits per heavy atom. The summed E-state index contributed by atoms with van der Waals surface area (Å²) in [6.45, 7) is 0. The van der Waals surface area contributed by atoms with Crippen LogP contribution in [0.1, 0.15) is 16.1 Å². The maximum absolute atomic E-state index is 11.1. The average Bonchev–Trinajstić information content (AvgIpc) is 3.19. The van der Waals surface area contributed by atoms with Gasteiger partial charge in [0.05, 0.1) is 16.8 Å². The smallest absolute Gasteiger partial charge is 0.337 e. The molecule has 0 unspecified atom stereocenters. The van der Waals surface area contributed by atoms with Crippen molar-refractivity contribution in [3.63, 3.8) is 0 Å². The number of carbonyl (C=O) groups is 1. The molecule has 0 atom stereocenters. The van der Waals surface area contributed by atoms with Crippen LogP contribution in [-0.4, -0.2) is 37.9 Å². The van der Waals surface area contributed by atoms with E-state index in [0.29, 0.717) is 17.1 Å². The first-order valence-electron chi connectivity index (χ1n) is 6.29. The number of rotatable bonds is 5. The van der Waals surface area contributed by atoms with Crippen molar-refractivity contribution in [3.8, 4) is 11.3 Å². The molecule has 0 bridgehead atoms. The molecule has 9 nitrogen and oxygen atoms in total. The predicted molar refractivity (Wildman–Crippen MR) is 81.5 cm³/mol. The molecule has 2 heterocycles. The lowest BCUT2D eigenvalue weighted by Crippen LogP contribution is -1.97. The van der Waals surface area contributed by atoms with Gasteiger partial charge in [-0.2, -0.15) is 10.3 Å². The number of halogens is 1. The molecule has 0 radical (unpaired) electrons. The lowest BCUT2D eigenvalue weighted by molar-refractivity contribution is 0.0697. The van der Waals surface area contributed by atoms with Crippen LogP contribution < -0.4 is 5.43 Å². The van der Waals surface area contributed by atoms with Gasteiger partial charge in [0.25, 0.3) is 5.95 Å². The molecule has 0 amide bonds. The number of hydrogen-bond acceptors (Lipinski definition) is 7. The van der Waals surface area contributed by atoms with E-state index in [-0.39, 0.29) is 16.5 Å². The molecule has 116 valence electrons. The van der Waals surface area contributed by atoms with Crippen molar-refractivity contribution >= 4 is 29.7 Å². The molecule has 2 aromatic heterocycles. The standard InChI is InChI=1S/C13H9ClN6O3/c14-10-3-1-7(5-9(10)12(21)22)11-4-2-8(23-11)6-15-16-13-17-19-20-18-13/h1-6H,(H,21,22)(H2,16,17,18,19,20)/b15-6-. The number of aromatic carboxylic acids is 1. The summed E-state index contributed by atoms with van der Waals surface area (Å²) in [5, 5.41) is 26.1. The van der Waals surface area contributed by atoms with E-state index in [0.717, 1.165) is 0 Å². The van der Waals surface area contributed by atoms with E-state index in [4.69, 9.17) is 21.1 Å². The molecule has 3 aromatic rings. The molecular weight excluding hydrogens is 324 g/mol. The van der Waals surface area contributed by atoms with Crippen LogP contribution in [-0.2, 0) is 0 Å². The molecule has 0 aliphatic carbocycles. The molecular formula is C13H9ClN6O3. The fraction of sp³-hybridized carbons (Fsp3) is 0. The Morgan fingerprint density at radius 3 is 3.00 bits per heavy atom. The molecule has 0 saturated carbocycles. The first-order valence-corrected chi connectivity index (χ1v) is 6.67. The fourth-order valence-corrected chi connectivity index (χ4v) is 1.98. The maximum Gasteiger partial charge on any atom is 0.337 e. The van der Waals surface area contributed by atoms with Crippen LogP contribution in [0.3, 0.4) is 0 Å². The number of tetrazole rings is 1. The highest BCUT2D eigenvalue weighted by Crippen LogP contribution is 2.26. The number of aromatic amines is 1. The van der Waals surface area contributed by atoms with Gasteiger partial charge < -0.3 is 9.52 Å².